The second kappa shape index (κ2) is 6.17. The molecule has 1 aromatic carbocycles. The summed E-state index contributed by atoms with van der Waals surface area (Å²) in [5.74, 6) is -1.10. The molecule has 0 saturated heterocycles. The maximum absolute atomic E-state index is 13.6. The van der Waals surface area contributed by atoms with Crippen molar-refractivity contribution in [2.75, 3.05) is 0 Å². The van der Waals surface area contributed by atoms with Gasteiger partial charge in [-0.2, -0.15) is 0 Å². The van der Waals surface area contributed by atoms with Crippen molar-refractivity contribution in [3.63, 3.8) is 0 Å². The molecule has 1 N–H and O–H groups in total. The van der Waals surface area contributed by atoms with Crippen LogP contribution in [0.4, 0.5) is 4.39 Å². The van der Waals surface area contributed by atoms with Crippen LogP contribution < -0.4 is 4.74 Å². The van der Waals surface area contributed by atoms with Gasteiger partial charge in [-0.05, 0) is 49.2 Å². The van der Waals surface area contributed by atoms with E-state index in [1.807, 2.05) is 6.92 Å². The van der Waals surface area contributed by atoms with E-state index in [1.54, 1.807) is 25.1 Å². The Morgan fingerprint density at radius 1 is 1.33 bits per heavy atom. The molecular weight excluding hydrogens is 273 g/mol. The fraction of sp³-hybridized carbons (Fsp3) is 0.125. The van der Waals surface area contributed by atoms with Crippen molar-refractivity contribution in [3.8, 4) is 11.6 Å². The van der Waals surface area contributed by atoms with Crippen LogP contribution >= 0.6 is 0 Å². The third-order valence-corrected chi connectivity index (χ3v) is 2.76. The lowest BCUT2D eigenvalue weighted by molar-refractivity contribution is -0.131. The van der Waals surface area contributed by atoms with E-state index in [0.717, 1.165) is 11.6 Å². The number of aliphatic carboxylic acids is 1. The van der Waals surface area contributed by atoms with Crippen LogP contribution in [0.1, 0.15) is 16.7 Å². The van der Waals surface area contributed by atoms with Gasteiger partial charge in [0.15, 0.2) is 11.6 Å². The van der Waals surface area contributed by atoms with Crippen LogP contribution in [0.3, 0.4) is 0 Å². The van der Waals surface area contributed by atoms with Gasteiger partial charge >= 0.3 is 5.97 Å². The molecule has 108 valence electrons. The van der Waals surface area contributed by atoms with Crippen LogP contribution in [0.2, 0.25) is 0 Å². The molecule has 0 radical (unpaired) electrons. The molecule has 0 saturated carbocycles. The summed E-state index contributed by atoms with van der Waals surface area (Å²) in [6.45, 7) is 3.60. The maximum Gasteiger partial charge on any atom is 0.328 e. The van der Waals surface area contributed by atoms with Gasteiger partial charge in [0, 0.05) is 17.8 Å². The Balaban J connectivity index is 2.25. The number of halogens is 1. The summed E-state index contributed by atoms with van der Waals surface area (Å²) in [4.78, 5) is 14.6. The van der Waals surface area contributed by atoms with Gasteiger partial charge in [0.25, 0.3) is 0 Å². The van der Waals surface area contributed by atoms with E-state index in [1.165, 1.54) is 18.3 Å². The van der Waals surface area contributed by atoms with Gasteiger partial charge < -0.3 is 9.84 Å². The zero-order valence-corrected chi connectivity index (χ0v) is 11.6. The predicted octanol–water partition coefficient (Wildman–Crippen LogP) is 3.73. The van der Waals surface area contributed by atoms with Crippen LogP contribution in [0.15, 0.2) is 36.5 Å². The third kappa shape index (κ3) is 3.89. The molecule has 5 heteroatoms. The van der Waals surface area contributed by atoms with E-state index in [4.69, 9.17) is 9.84 Å². The Hall–Kier alpha value is -2.69. The molecular formula is C16H14FNO3. The van der Waals surface area contributed by atoms with Crippen molar-refractivity contribution in [1.82, 2.24) is 4.98 Å². The van der Waals surface area contributed by atoms with Crippen molar-refractivity contribution in [1.29, 1.82) is 0 Å². The summed E-state index contributed by atoms with van der Waals surface area (Å²) in [6, 6.07) is 6.30. The van der Waals surface area contributed by atoms with Gasteiger partial charge in [-0.3, -0.25) is 0 Å². The molecule has 1 heterocycles. The van der Waals surface area contributed by atoms with Gasteiger partial charge in [-0.25, -0.2) is 14.2 Å². The second-order valence-electron chi connectivity index (χ2n) is 4.60. The molecule has 4 nitrogen and oxygen atoms in total. The number of hydrogen-bond acceptors (Lipinski definition) is 3. The van der Waals surface area contributed by atoms with Crippen LogP contribution in [0.5, 0.6) is 11.6 Å². The minimum absolute atomic E-state index is 0.111. The highest BCUT2D eigenvalue weighted by molar-refractivity contribution is 5.85. The van der Waals surface area contributed by atoms with Gasteiger partial charge in [-0.15, -0.1) is 0 Å². The van der Waals surface area contributed by atoms with E-state index in [0.29, 0.717) is 11.1 Å². The largest absolute Gasteiger partial charge is 0.478 e. The zero-order chi connectivity index (χ0) is 15.4. The molecule has 21 heavy (non-hydrogen) atoms. The number of aromatic nitrogens is 1. The molecule has 0 aliphatic heterocycles. The number of rotatable bonds is 4. The van der Waals surface area contributed by atoms with Gasteiger partial charge in [-0.1, -0.05) is 6.07 Å². The molecule has 0 amide bonds. The number of aryl methyl sites for hydroxylation is 2. The van der Waals surface area contributed by atoms with Crippen molar-refractivity contribution in [2.24, 2.45) is 0 Å². The molecule has 2 rings (SSSR count). The first-order chi connectivity index (χ1) is 9.95. The highest BCUT2D eigenvalue weighted by Gasteiger charge is 2.08. The standard InChI is InChI=1S/C16H14FNO3/c1-10-3-5-13(17)14(7-10)21-16-11(2)8-12(9-18-16)4-6-15(19)20/h3-9H,1-2H3,(H,19,20)/b6-4+. The summed E-state index contributed by atoms with van der Waals surface area (Å²) in [6.07, 6.45) is 3.92. The van der Waals surface area contributed by atoms with E-state index >= 15 is 0 Å². The first-order valence-corrected chi connectivity index (χ1v) is 6.27. The summed E-state index contributed by atoms with van der Waals surface area (Å²) >= 11 is 0. The zero-order valence-electron chi connectivity index (χ0n) is 11.6. The Morgan fingerprint density at radius 2 is 2.10 bits per heavy atom. The number of carboxylic acids is 1. The maximum atomic E-state index is 13.6. The molecule has 0 aliphatic rings. The van der Waals surface area contributed by atoms with E-state index in [-0.39, 0.29) is 11.6 Å². The number of benzene rings is 1. The lowest BCUT2D eigenvalue weighted by atomic mass is 10.2. The van der Waals surface area contributed by atoms with Gasteiger partial charge in [0.05, 0.1) is 0 Å². The Morgan fingerprint density at radius 3 is 2.76 bits per heavy atom. The van der Waals surface area contributed by atoms with Crippen LogP contribution in [0.25, 0.3) is 6.08 Å². The van der Waals surface area contributed by atoms with E-state index in [2.05, 4.69) is 4.98 Å². The molecule has 0 atom stereocenters. The highest BCUT2D eigenvalue weighted by Crippen LogP contribution is 2.26. The number of ether oxygens (including phenoxy) is 1. The topological polar surface area (TPSA) is 59.4 Å². The summed E-state index contributed by atoms with van der Waals surface area (Å²) in [7, 11) is 0. The van der Waals surface area contributed by atoms with Crippen molar-refractivity contribution in [2.45, 2.75) is 13.8 Å². The van der Waals surface area contributed by atoms with E-state index in [9.17, 15) is 9.18 Å². The third-order valence-electron chi connectivity index (χ3n) is 2.76. The monoisotopic (exact) mass is 287 g/mol. The molecule has 0 spiro atoms. The number of carboxylic acid groups (broad SMARTS) is 1. The number of pyridine rings is 1. The smallest absolute Gasteiger partial charge is 0.328 e. The summed E-state index contributed by atoms with van der Waals surface area (Å²) < 4.78 is 19.1. The Kier molecular flexibility index (Phi) is 4.33. The minimum atomic E-state index is -1.03. The fourth-order valence-electron chi connectivity index (χ4n) is 1.74. The highest BCUT2D eigenvalue weighted by atomic mass is 19.1. The van der Waals surface area contributed by atoms with Gasteiger partial charge in [0.2, 0.25) is 5.88 Å². The van der Waals surface area contributed by atoms with Crippen LogP contribution in [0, 0.1) is 19.7 Å². The lowest BCUT2D eigenvalue weighted by Gasteiger charge is -2.09. The van der Waals surface area contributed by atoms with Crippen LogP contribution in [-0.4, -0.2) is 16.1 Å². The number of nitrogens with zero attached hydrogens (tertiary/aromatic N) is 1. The number of hydrogen-bond donors (Lipinski definition) is 1. The molecule has 0 aliphatic carbocycles. The normalized spacial score (nSPS) is 10.8. The molecule has 0 unspecified atom stereocenters. The van der Waals surface area contributed by atoms with Crippen molar-refractivity contribution in [3.05, 3.63) is 59.0 Å². The SMILES string of the molecule is Cc1ccc(F)c(Oc2ncc(/C=C/C(=O)O)cc2C)c1. The second-order valence-corrected chi connectivity index (χ2v) is 4.60. The predicted molar refractivity (Wildman–Crippen MR) is 76.9 cm³/mol. The molecule has 2 aromatic rings. The first-order valence-electron chi connectivity index (χ1n) is 6.27. The van der Waals surface area contributed by atoms with Gasteiger partial charge in [0.1, 0.15) is 0 Å². The molecule has 0 bridgehead atoms. The average molecular weight is 287 g/mol. The van der Waals surface area contributed by atoms with Crippen LogP contribution in [-0.2, 0) is 4.79 Å². The van der Waals surface area contributed by atoms with E-state index < -0.39 is 11.8 Å². The average Bonchev–Trinajstić information content (AvgIpc) is 2.43. The molecule has 1 aromatic heterocycles. The summed E-state index contributed by atoms with van der Waals surface area (Å²) in [5, 5.41) is 8.58. The Labute approximate surface area is 121 Å². The van der Waals surface area contributed by atoms with Crippen molar-refractivity contribution < 1.29 is 19.0 Å². The minimum Gasteiger partial charge on any atom is -0.478 e. The van der Waals surface area contributed by atoms with Crippen molar-refractivity contribution >= 4 is 12.0 Å². The molecule has 0 fully saturated rings. The lowest BCUT2D eigenvalue weighted by Crippen LogP contribution is -1.95. The first kappa shape index (κ1) is 14.7. The quantitative estimate of drug-likeness (QED) is 0.870. The summed E-state index contributed by atoms with van der Waals surface area (Å²) in [5.41, 5.74) is 2.19. The number of carbonyl (C=O) groups is 1. The Bertz CT molecular complexity index is 711. The fourth-order valence-corrected chi connectivity index (χ4v) is 1.74.